The first kappa shape index (κ1) is 13.9. The molecule has 0 aromatic heterocycles. The lowest BCUT2D eigenvalue weighted by molar-refractivity contribution is 0.102. The number of rotatable bonds is 3. The van der Waals surface area contributed by atoms with Crippen molar-refractivity contribution in [2.75, 3.05) is 12.4 Å². The first-order valence-corrected chi connectivity index (χ1v) is 7.02. The third-order valence-corrected chi connectivity index (χ3v) is 3.82. The number of anilines is 1. The van der Waals surface area contributed by atoms with Gasteiger partial charge in [-0.1, -0.05) is 17.7 Å². The number of amides is 1. The van der Waals surface area contributed by atoms with Gasteiger partial charge >= 0.3 is 0 Å². The average molecular weight is 303 g/mol. The monoisotopic (exact) mass is 302 g/mol. The molecule has 0 atom stereocenters. The summed E-state index contributed by atoms with van der Waals surface area (Å²) in [6.45, 7) is 1.68. The fourth-order valence-corrected chi connectivity index (χ4v) is 2.57. The predicted molar refractivity (Wildman–Crippen MR) is 82.9 cm³/mol. The van der Waals surface area contributed by atoms with Crippen LogP contribution in [0.4, 0.5) is 5.69 Å². The van der Waals surface area contributed by atoms with Crippen LogP contribution in [0.3, 0.4) is 0 Å². The first-order chi connectivity index (χ1) is 10.2. The molecule has 3 rings (SSSR count). The highest BCUT2D eigenvalue weighted by Crippen LogP contribution is 2.27. The van der Waals surface area contributed by atoms with Crippen molar-refractivity contribution in [2.24, 2.45) is 0 Å². The van der Waals surface area contributed by atoms with E-state index in [1.165, 1.54) is 11.1 Å². The summed E-state index contributed by atoms with van der Waals surface area (Å²) in [7, 11) is 1.54. The van der Waals surface area contributed by atoms with Gasteiger partial charge in [-0.3, -0.25) is 4.79 Å². The van der Waals surface area contributed by atoms with E-state index < -0.39 is 0 Å². The fraction of sp³-hybridized carbons (Fsp3) is 0.188. The number of nitrogens with one attached hydrogen (secondary N) is 2. The summed E-state index contributed by atoms with van der Waals surface area (Å²) in [5, 5.41) is 6.63. The van der Waals surface area contributed by atoms with Crippen LogP contribution in [0.2, 0.25) is 5.02 Å². The zero-order chi connectivity index (χ0) is 14.8. The molecule has 0 unspecified atom stereocenters. The van der Waals surface area contributed by atoms with Gasteiger partial charge in [0.05, 0.1) is 12.1 Å². The van der Waals surface area contributed by atoms with Crippen molar-refractivity contribution in [3.05, 3.63) is 58.1 Å². The molecule has 1 aliphatic rings. The van der Waals surface area contributed by atoms with E-state index in [2.05, 4.69) is 10.6 Å². The molecule has 21 heavy (non-hydrogen) atoms. The molecule has 2 N–H and O–H groups in total. The molecule has 1 heterocycles. The first-order valence-electron chi connectivity index (χ1n) is 6.65. The van der Waals surface area contributed by atoms with Gasteiger partial charge in [0.2, 0.25) is 0 Å². The second-order valence-electron chi connectivity index (χ2n) is 4.89. The summed E-state index contributed by atoms with van der Waals surface area (Å²) in [4.78, 5) is 12.3. The Labute approximate surface area is 128 Å². The molecule has 4 nitrogen and oxygen atoms in total. The highest BCUT2D eigenvalue weighted by molar-refractivity contribution is 6.32. The molecule has 5 heteroatoms. The van der Waals surface area contributed by atoms with Gasteiger partial charge in [0.25, 0.3) is 5.91 Å². The van der Waals surface area contributed by atoms with Gasteiger partial charge in [-0.25, -0.2) is 0 Å². The molecule has 0 bridgehead atoms. The zero-order valence-corrected chi connectivity index (χ0v) is 12.3. The van der Waals surface area contributed by atoms with Crippen LogP contribution < -0.4 is 15.4 Å². The molecular formula is C16H15ClN2O2. The van der Waals surface area contributed by atoms with Gasteiger partial charge in [-0.05, 0) is 35.4 Å². The van der Waals surface area contributed by atoms with Crippen LogP contribution in [0.15, 0.2) is 36.4 Å². The molecule has 2 aromatic rings. The van der Waals surface area contributed by atoms with Crippen LogP contribution in [0, 0.1) is 0 Å². The fourth-order valence-electron chi connectivity index (χ4n) is 2.38. The highest BCUT2D eigenvalue weighted by Gasteiger charge is 2.14. The van der Waals surface area contributed by atoms with E-state index in [1.807, 2.05) is 18.2 Å². The minimum atomic E-state index is -0.144. The Morgan fingerprint density at radius 2 is 2.00 bits per heavy atom. The Balaban J connectivity index is 1.80. The Bertz CT molecular complexity index is 701. The molecule has 0 fully saturated rings. The SMILES string of the molecule is COc1cc(NC(=O)c2ccc3c(c2)CNC3)ccc1Cl. The standard InChI is InChI=1S/C16H15ClN2O2/c1-21-15-7-13(4-5-14(15)17)19-16(20)10-2-3-11-8-18-9-12(11)6-10/h2-7,18H,8-9H2,1H3,(H,19,20). The number of benzene rings is 2. The van der Waals surface area contributed by atoms with Crippen molar-refractivity contribution in [3.63, 3.8) is 0 Å². The minimum absolute atomic E-state index is 0.144. The Morgan fingerprint density at radius 1 is 1.19 bits per heavy atom. The smallest absolute Gasteiger partial charge is 0.255 e. The second kappa shape index (κ2) is 5.76. The van der Waals surface area contributed by atoms with Crippen LogP contribution in [-0.2, 0) is 13.1 Å². The van der Waals surface area contributed by atoms with Crippen molar-refractivity contribution in [1.29, 1.82) is 0 Å². The van der Waals surface area contributed by atoms with Crippen LogP contribution in [0.25, 0.3) is 0 Å². The molecule has 1 aliphatic heterocycles. The summed E-state index contributed by atoms with van der Waals surface area (Å²) >= 11 is 5.97. The summed E-state index contributed by atoms with van der Waals surface area (Å²) < 4.78 is 5.14. The van der Waals surface area contributed by atoms with E-state index in [9.17, 15) is 4.79 Å². The van der Waals surface area contributed by atoms with E-state index >= 15 is 0 Å². The second-order valence-corrected chi connectivity index (χ2v) is 5.30. The number of ether oxygens (including phenoxy) is 1. The van der Waals surface area contributed by atoms with Gasteiger partial charge in [-0.15, -0.1) is 0 Å². The minimum Gasteiger partial charge on any atom is -0.495 e. The normalized spacial score (nSPS) is 12.9. The number of hydrogen-bond acceptors (Lipinski definition) is 3. The molecule has 0 saturated heterocycles. The van der Waals surface area contributed by atoms with Crippen LogP contribution in [-0.4, -0.2) is 13.0 Å². The van der Waals surface area contributed by atoms with E-state index in [4.69, 9.17) is 16.3 Å². The number of halogens is 1. The lowest BCUT2D eigenvalue weighted by atomic mass is 10.1. The lowest BCUT2D eigenvalue weighted by Crippen LogP contribution is -2.12. The van der Waals surface area contributed by atoms with Gasteiger partial charge in [0.15, 0.2) is 0 Å². The number of carbonyl (C=O) groups excluding carboxylic acids is 1. The van der Waals surface area contributed by atoms with E-state index in [0.29, 0.717) is 22.0 Å². The van der Waals surface area contributed by atoms with Gasteiger partial charge in [0.1, 0.15) is 5.75 Å². The molecule has 0 spiro atoms. The third-order valence-electron chi connectivity index (χ3n) is 3.51. The number of carbonyl (C=O) groups is 1. The number of methoxy groups -OCH3 is 1. The largest absolute Gasteiger partial charge is 0.495 e. The van der Waals surface area contributed by atoms with Crippen molar-refractivity contribution in [2.45, 2.75) is 13.1 Å². The maximum absolute atomic E-state index is 12.3. The average Bonchev–Trinajstić information content (AvgIpc) is 2.96. The Hall–Kier alpha value is -2.04. The van der Waals surface area contributed by atoms with Gasteiger partial charge < -0.3 is 15.4 Å². The van der Waals surface area contributed by atoms with Crippen molar-refractivity contribution in [3.8, 4) is 5.75 Å². The number of fused-ring (bicyclic) bond motifs is 1. The molecular weight excluding hydrogens is 288 g/mol. The third kappa shape index (κ3) is 2.86. The van der Waals surface area contributed by atoms with Crippen LogP contribution in [0.5, 0.6) is 5.75 Å². The van der Waals surface area contributed by atoms with Crippen LogP contribution >= 0.6 is 11.6 Å². The lowest BCUT2D eigenvalue weighted by Gasteiger charge is -2.09. The highest BCUT2D eigenvalue weighted by atomic mass is 35.5. The molecule has 0 aliphatic carbocycles. The molecule has 2 aromatic carbocycles. The van der Waals surface area contributed by atoms with Crippen molar-refractivity contribution < 1.29 is 9.53 Å². The van der Waals surface area contributed by atoms with E-state index in [-0.39, 0.29) is 5.91 Å². The molecule has 0 saturated carbocycles. The quantitative estimate of drug-likeness (QED) is 0.915. The summed E-state index contributed by atoms with van der Waals surface area (Å²) in [6, 6.07) is 10.9. The molecule has 1 amide bonds. The summed E-state index contributed by atoms with van der Waals surface area (Å²) in [5.74, 6) is 0.390. The Kier molecular flexibility index (Phi) is 3.82. The summed E-state index contributed by atoms with van der Waals surface area (Å²) in [6.07, 6.45) is 0. The molecule has 108 valence electrons. The van der Waals surface area contributed by atoms with Crippen LogP contribution in [0.1, 0.15) is 21.5 Å². The molecule has 0 radical (unpaired) electrons. The number of hydrogen-bond donors (Lipinski definition) is 2. The van der Waals surface area contributed by atoms with E-state index in [0.717, 1.165) is 13.1 Å². The maximum Gasteiger partial charge on any atom is 0.255 e. The predicted octanol–water partition coefficient (Wildman–Crippen LogP) is 3.20. The maximum atomic E-state index is 12.3. The Morgan fingerprint density at radius 3 is 2.81 bits per heavy atom. The van der Waals surface area contributed by atoms with Crippen molar-refractivity contribution in [1.82, 2.24) is 5.32 Å². The zero-order valence-electron chi connectivity index (χ0n) is 11.6. The van der Waals surface area contributed by atoms with Gasteiger partial charge in [0, 0.05) is 30.4 Å². The topological polar surface area (TPSA) is 50.4 Å². The summed E-state index contributed by atoms with van der Waals surface area (Å²) in [5.41, 5.74) is 3.72. The van der Waals surface area contributed by atoms with Gasteiger partial charge in [-0.2, -0.15) is 0 Å². The van der Waals surface area contributed by atoms with Crippen molar-refractivity contribution >= 4 is 23.2 Å². The van der Waals surface area contributed by atoms with E-state index in [1.54, 1.807) is 25.3 Å².